The Morgan fingerprint density at radius 1 is 1.06 bits per heavy atom. The van der Waals surface area contributed by atoms with Crippen LogP contribution in [0.25, 0.3) is 0 Å². The van der Waals surface area contributed by atoms with Crippen LogP contribution in [-0.4, -0.2) is 38.7 Å². The third kappa shape index (κ3) is 5.51. The molecule has 0 aromatic rings. The molecular formula is C11H20ClNO2S. The lowest BCUT2D eigenvalue weighted by Crippen LogP contribution is -2.30. The van der Waals surface area contributed by atoms with Gasteiger partial charge < -0.3 is 4.90 Å². The molecule has 0 radical (unpaired) electrons. The molecule has 0 N–H and O–H groups in total. The van der Waals surface area contributed by atoms with E-state index < -0.39 is 9.05 Å². The van der Waals surface area contributed by atoms with Gasteiger partial charge in [-0.05, 0) is 50.5 Å². The van der Waals surface area contributed by atoms with Gasteiger partial charge in [0.25, 0.3) is 0 Å². The lowest BCUT2D eigenvalue weighted by atomic mass is 10.3. The van der Waals surface area contributed by atoms with Crippen LogP contribution in [0.2, 0.25) is 0 Å². The van der Waals surface area contributed by atoms with E-state index in [0.29, 0.717) is 6.42 Å². The molecule has 0 spiro atoms. The summed E-state index contributed by atoms with van der Waals surface area (Å²) in [5.74, 6) is 1.87. The zero-order valence-electron chi connectivity index (χ0n) is 9.57. The van der Waals surface area contributed by atoms with Crippen LogP contribution < -0.4 is 0 Å². The van der Waals surface area contributed by atoms with Gasteiger partial charge in [-0.1, -0.05) is 0 Å². The Hall–Kier alpha value is 0.200. The maximum Gasteiger partial charge on any atom is 0.232 e. The van der Waals surface area contributed by atoms with Gasteiger partial charge >= 0.3 is 0 Å². The van der Waals surface area contributed by atoms with Crippen molar-refractivity contribution in [2.45, 2.75) is 32.1 Å². The molecule has 3 nitrogen and oxygen atoms in total. The fourth-order valence-corrected chi connectivity index (χ4v) is 2.85. The Bertz CT molecular complexity index is 309. The minimum Gasteiger partial charge on any atom is -0.303 e. The van der Waals surface area contributed by atoms with E-state index in [1.54, 1.807) is 0 Å². The molecule has 0 unspecified atom stereocenters. The molecule has 94 valence electrons. The topological polar surface area (TPSA) is 37.4 Å². The van der Waals surface area contributed by atoms with E-state index >= 15 is 0 Å². The largest absolute Gasteiger partial charge is 0.303 e. The van der Waals surface area contributed by atoms with Crippen molar-refractivity contribution in [2.24, 2.45) is 11.8 Å². The van der Waals surface area contributed by atoms with E-state index in [9.17, 15) is 8.42 Å². The van der Waals surface area contributed by atoms with Crippen molar-refractivity contribution < 1.29 is 8.42 Å². The van der Waals surface area contributed by atoms with Crippen LogP contribution in [0, 0.1) is 11.8 Å². The Morgan fingerprint density at radius 3 is 1.94 bits per heavy atom. The molecule has 0 aromatic carbocycles. The summed E-state index contributed by atoms with van der Waals surface area (Å²) in [6.45, 7) is 3.22. The van der Waals surface area contributed by atoms with Crippen LogP contribution >= 0.6 is 10.7 Å². The number of hydrogen-bond donors (Lipinski definition) is 0. The maximum atomic E-state index is 10.8. The van der Waals surface area contributed by atoms with E-state index in [4.69, 9.17) is 10.7 Å². The molecule has 0 aromatic heterocycles. The Balaban J connectivity index is 1.67. The number of nitrogens with zero attached hydrogens (tertiary/aromatic N) is 1. The molecule has 16 heavy (non-hydrogen) atoms. The van der Waals surface area contributed by atoms with Crippen molar-refractivity contribution in [1.29, 1.82) is 0 Å². The first-order valence-corrected chi connectivity index (χ1v) is 8.65. The van der Waals surface area contributed by atoms with E-state index in [2.05, 4.69) is 4.90 Å². The third-order valence-corrected chi connectivity index (χ3v) is 4.53. The van der Waals surface area contributed by atoms with Crippen LogP contribution in [-0.2, 0) is 9.05 Å². The molecule has 2 rings (SSSR count). The second-order valence-electron chi connectivity index (χ2n) is 5.24. The number of halogens is 1. The SMILES string of the molecule is O=S(=O)(Cl)CCCN(CC1CC1)CC1CC1. The highest BCUT2D eigenvalue weighted by Gasteiger charge is 2.28. The molecule has 0 amide bonds. The summed E-state index contributed by atoms with van der Waals surface area (Å²) in [5, 5.41) is 0. The number of hydrogen-bond acceptors (Lipinski definition) is 3. The van der Waals surface area contributed by atoms with Gasteiger partial charge in [0, 0.05) is 23.8 Å². The lowest BCUT2D eigenvalue weighted by Gasteiger charge is -2.21. The minimum atomic E-state index is -3.30. The quantitative estimate of drug-likeness (QED) is 0.631. The summed E-state index contributed by atoms with van der Waals surface area (Å²) in [7, 11) is 1.91. The number of rotatable bonds is 8. The van der Waals surface area contributed by atoms with Crippen molar-refractivity contribution in [3.05, 3.63) is 0 Å². The third-order valence-electron chi connectivity index (χ3n) is 3.29. The molecule has 2 aliphatic rings. The maximum absolute atomic E-state index is 10.8. The van der Waals surface area contributed by atoms with Gasteiger partial charge in [0.2, 0.25) is 9.05 Å². The second kappa shape index (κ2) is 5.23. The second-order valence-corrected chi connectivity index (χ2v) is 8.14. The molecule has 0 atom stereocenters. The molecule has 2 aliphatic carbocycles. The molecular weight excluding hydrogens is 246 g/mol. The molecule has 0 saturated heterocycles. The van der Waals surface area contributed by atoms with Gasteiger partial charge in [0.05, 0.1) is 5.75 Å². The molecule has 0 bridgehead atoms. The highest BCUT2D eigenvalue weighted by Crippen LogP contribution is 2.33. The van der Waals surface area contributed by atoms with Crippen LogP contribution in [0.15, 0.2) is 0 Å². The Kier molecular flexibility index (Phi) is 4.14. The van der Waals surface area contributed by atoms with Crippen molar-refractivity contribution in [3.8, 4) is 0 Å². The van der Waals surface area contributed by atoms with Crippen molar-refractivity contribution in [1.82, 2.24) is 4.90 Å². The summed E-state index contributed by atoms with van der Waals surface area (Å²) in [4.78, 5) is 2.44. The van der Waals surface area contributed by atoms with Crippen LogP contribution in [0.3, 0.4) is 0 Å². The van der Waals surface area contributed by atoms with Gasteiger partial charge in [-0.15, -0.1) is 0 Å². The molecule has 0 aliphatic heterocycles. The summed E-state index contributed by atoms with van der Waals surface area (Å²) in [5.41, 5.74) is 0. The van der Waals surface area contributed by atoms with E-state index in [1.165, 1.54) is 38.8 Å². The molecule has 0 heterocycles. The van der Waals surface area contributed by atoms with Gasteiger partial charge in [-0.3, -0.25) is 0 Å². The average Bonchev–Trinajstić information content (AvgIpc) is 2.96. The fourth-order valence-electron chi connectivity index (χ4n) is 2.05. The van der Waals surface area contributed by atoms with Gasteiger partial charge in [0.15, 0.2) is 0 Å². The normalized spacial score (nSPS) is 21.6. The first-order chi connectivity index (χ1) is 7.53. The van der Waals surface area contributed by atoms with Gasteiger partial charge in [-0.2, -0.15) is 0 Å². The molecule has 5 heteroatoms. The van der Waals surface area contributed by atoms with Crippen LogP contribution in [0.4, 0.5) is 0 Å². The first kappa shape index (κ1) is 12.7. The van der Waals surface area contributed by atoms with Crippen LogP contribution in [0.1, 0.15) is 32.1 Å². The Morgan fingerprint density at radius 2 is 1.56 bits per heavy atom. The van der Waals surface area contributed by atoms with Crippen LogP contribution in [0.5, 0.6) is 0 Å². The van der Waals surface area contributed by atoms with E-state index in [1.807, 2.05) is 0 Å². The minimum absolute atomic E-state index is 0.111. The monoisotopic (exact) mass is 265 g/mol. The summed E-state index contributed by atoms with van der Waals surface area (Å²) in [6, 6.07) is 0. The van der Waals surface area contributed by atoms with E-state index in [-0.39, 0.29) is 5.75 Å². The van der Waals surface area contributed by atoms with E-state index in [0.717, 1.165) is 18.4 Å². The van der Waals surface area contributed by atoms with Gasteiger partial charge in [-0.25, -0.2) is 8.42 Å². The first-order valence-electron chi connectivity index (χ1n) is 6.17. The predicted octanol–water partition coefficient (Wildman–Crippen LogP) is 2.07. The highest BCUT2D eigenvalue weighted by molar-refractivity contribution is 8.13. The smallest absolute Gasteiger partial charge is 0.232 e. The molecule has 2 saturated carbocycles. The highest BCUT2D eigenvalue weighted by atomic mass is 35.7. The van der Waals surface area contributed by atoms with Crippen molar-refractivity contribution in [2.75, 3.05) is 25.4 Å². The average molecular weight is 266 g/mol. The van der Waals surface area contributed by atoms with Crippen molar-refractivity contribution in [3.63, 3.8) is 0 Å². The van der Waals surface area contributed by atoms with Crippen molar-refractivity contribution >= 4 is 19.7 Å². The Labute approximate surface area is 103 Å². The standard InChI is InChI=1S/C11H20ClNO2S/c12-16(14,15)7-1-6-13(8-10-2-3-10)9-11-4-5-11/h10-11H,1-9H2. The zero-order valence-corrected chi connectivity index (χ0v) is 11.1. The predicted molar refractivity (Wildman–Crippen MR) is 66.1 cm³/mol. The summed E-state index contributed by atoms with van der Waals surface area (Å²) < 4.78 is 21.7. The fraction of sp³-hybridized carbons (Fsp3) is 1.00. The zero-order chi connectivity index (χ0) is 11.6. The summed E-state index contributed by atoms with van der Waals surface area (Å²) in [6.07, 6.45) is 6.10. The summed E-state index contributed by atoms with van der Waals surface area (Å²) >= 11 is 0. The van der Waals surface area contributed by atoms with Gasteiger partial charge in [0.1, 0.15) is 0 Å². The molecule has 2 fully saturated rings. The lowest BCUT2D eigenvalue weighted by molar-refractivity contribution is 0.253.